The molecule has 0 saturated heterocycles. The van der Waals surface area contributed by atoms with Gasteiger partial charge in [-0.15, -0.1) is 0 Å². The summed E-state index contributed by atoms with van der Waals surface area (Å²) in [5, 5.41) is 40.2. The Balaban J connectivity index is 2.53. The van der Waals surface area contributed by atoms with E-state index in [1.807, 2.05) is 18.2 Å². The molecule has 1 aliphatic rings. The number of hydrogen-bond acceptors (Lipinski definition) is 12. The Morgan fingerprint density at radius 2 is 1.34 bits per heavy atom. The van der Waals surface area contributed by atoms with Crippen molar-refractivity contribution in [3.05, 3.63) is 72.9 Å². The predicted octanol–water partition coefficient (Wildman–Crippen LogP) is 8.10. The van der Waals surface area contributed by atoms with Gasteiger partial charge in [-0.1, -0.05) is 119 Å². The van der Waals surface area contributed by atoms with Crippen molar-refractivity contribution in [2.24, 2.45) is 17.6 Å². The van der Waals surface area contributed by atoms with E-state index in [4.69, 9.17) is 24.8 Å². The van der Waals surface area contributed by atoms with Crippen LogP contribution in [0.3, 0.4) is 0 Å². The Hall–Kier alpha value is -3.20. The minimum Gasteiger partial charge on any atom is -0.480 e. The van der Waals surface area contributed by atoms with Crippen LogP contribution in [-0.2, 0) is 37.5 Å². The molecular formula is C46H76NO13P. The van der Waals surface area contributed by atoms with Gasteiger partial charge in [-0.05, 0) is 76.5 Å². The number of phosphoric acid groups is 1. The Morgan fingerprint density at radius 1 is 0.738 bits per heavy atom. The minimum absolute atomic E-state index is 0.0253. The smallest absolute Gasteiger partial charge is 0.472 e. The van der Waals surface area contributed by atoms with Crippen molar-refractivity contribution >= 4 is 25.7 Å². The minimum atomic E-state index is -4.80. The molecule has 1 saturated carbocycles. The fraction of sp³-hybridized carbons (Fsp3) is 0.674. The van der Waals surface area contributed by atoms with E-state index in [9.17, 15) is 39.2 Å². The van der Waals surface area contributed by atoms with E-state index in [0.29, 0.717) is 32.1 Å². The van der Waals surface area contributed by atoms with Crippen molar-refractivity contribution in [1.82, 2.24) is 0 Å². The molecule has 0 aliphatic heterocycles. The van der Waals surface area contributed by atoms with Crippen molar-refractivity contribution in [3.8, 4) is 0 Å². The third-order valence-electron chi connectivity index (χ3n) is 10.0. The third-order valence-corrected chi connectivity index (χ3v) is 11.0. The number of carbonyl (C=O) groups excluding carboxylic acids is 2. The summed E-state index contributed by atoms with van der Waals surface area (Å²) in [6, 6.07) is -1.57. The zero-order chi connectivity index (χ0) is 45.1. The Labute approximate surface area is 364 Å². The monoisotopic (exact) mass is 882 g/mol. The molecule has 14 nitrogen and oxygen atoms in total. The number of carbonyl (C=O) groups is 3. The zero-order valence-corrected chi connectivity index (χ0v) is 37.4. The molecule has 1 aliphatic carbocycles. The molecule has 1 unspecified atom stereocenters. The van der Waals surface area contributed by atoms with Gasteiger partial charge >= 0.3 is 25.7 Å². The van der Waals surface area contributed by atoms with Crippen molar-refractivity contribution in [2.45, 2.75) is 166 Å². The van der Waals surface area contributed by atoms with Gasteiger partial charge in [-0.3, -0.25) is 23.4 Å². The van der Waals surface area contributed by atoms with Gasteiger partial charge in [-0.2, -0.15) is 0 Å². The Morgan fingerprint density at radius 3 is 2.02 bits per heavy atom. The number of esters is 2. The van der Waals surface area contributed by atoms with Crippen LogP contribution in [0, 0.1) is 11.8 Å². The van der Waals surface area contributed by atoms with Crippen LogP contribution in [-0.4, -0.2) is 93.5 Å². The van der Waals surface area contributed by atoms with Crippen LogP contribution < -0.4 is 5.73 Å². The number of carboxylic acid groups (broad SMARTS) is 1. The summed E-state index contributed by atoms with van der Waals surface area (Å²) in [6.45, 7) is 2.30. The lowest BCUT2D eigenvalue weighted by molar-refractivity contribution is -0.161. The van der Waals surface area contributed by atoms with Gasteiger partial charge in [0.2, 0.25) is 0 Å². The number of rotatable bonds is 36. The van der Waals surface area contributed by atoms with Crippen LogP contribution in [0.25, 0.3) is 0 Å². The zero-order valence-electron chi connectivity index (χ0n) is 36.6. The van der Waals surface area contributed by atoms with Crippen molar-refractivity contribution < 1.29 is 62.8 Å². The molecule has 0 spiro atoms. The van der Waals surface area contributed by atoms with Crippen molar-refractivity contribution in [3.63, 3.8) is 0 Å². The maximum atomic E-state index is 12.7. The Kier molecular flexibility index (Phi) is 32.3. The third kappa shape index (κ3) is 29.7. The van der Waals surface area contributed by atoms with E-state index in [0.717, 1.165) is 70.6 Å². The normalized spacial score (nSPS) is 21.0. The number of aliphatic hydroxyl groups excluding tert-OH is 3. The SMILES string of the molecule is CC/C=C\C/C=C\C/C=C\C/C=C\CCCCCCC(=O)OC[C@H](COP(=O)(O)OC[C@H](N)C(=O)O)OC(=O)CCC/C=C/C[C@@H]1[C@@H](/C=C/[C@@H](O)CCCCC)[C@H](O)C[C@@H]1O. The van der Waals surface area contributed by atoms with Crippen LogP contribution >= 0.6 is 7.82 Å². The van der Waals surface area contributed by atoms with E-state index in [1.54, 1.807) is 6.08 Å². The largest absolute Gasteiger partial charge is 0.480 e. The van der Waals surface area contributed by atoms with Gasteiger partial charge in [0, 0.05) is 25.2 Å². The number of allylic oxidation sites excluding steroid dienone is 10. The van der Waals surface area contributed by atoms with Crippen LogP contribution in [0.2, 0.25) is 0 Å². The van der Waals surface area contributed by atoms with Gasteiger partial charge in [0.15, 0.2) is 6.10 Å². The summed E-state index contributed by atoms with van der Waals surface area (Å²) >= 11 is 0. The highest BCUT2D eigenvalue weighted by atomic mass is 31.2. The second-order valence-electron chi connectivity index (χ2n) is 15.4. The molecule has 1 rings (SSSR count). The number of aliphatic carboxylic acids is 1. The quantitative estimate of drug-likeness (QED) is 0.0151. The molecule has 0 bridgehead atoms. The van der Waals surface area contributed by atoms with E-state index in [1.165, 1.54) is 0 Å². The Bertz CT molecular complexity index is 1430. The molecular weight excluding hydrogens is 805 g/mol. The molecule has 1 fully saturated rings. The van der Waals surface area contributed by atoms with E-state index in [2.05, 4.69) is 67.0 Å². The molecule has 0 aromatic rings. The fourth-order valence-corrected chi connectivity index (χ4v) is 7.24. The number of aliphatic hydroxyl groups is 3. The summed E-state index contributed by atoms with van der Waals surface area (Å²) in [5.74, 6) is -3.14. The summed E-state index contributed by atoms with van der Waals surface area (Å²) in [4.78, 5) is 46.2. The highest BCUT2D eigenvalue weighted by Gasteiger charge is 2.39. The predicted molar refractivity (Wildman–Crippen MR) is 237 cm³/mol. The first-order valence-corrected chi connectivity index (χ1v) is 23.7. The molecule has 15 heteroatoms. The summed E-state index contributed by atoms with van der Waals surface area (Å²) < 4.78 is 32.7. The summed E-state index contributed by atoms with van der Waals surface area (Å²) in [5.41, 5.74) is 5.33. The second-order valence-corrected chi connectivity index (χ2v) is 16.9. The standard InChI is InChI=1S/C46H76NO13P/c1-3-5-7-8-9-10-11-12-13-14-15-16-17-18-19-20-25-29-44(51)57-34-38(35-58-61(55,56)59-36-41(47)46(53)54)60-45(52)30-26-22-21-24-28-39-40(43(50)33-42(39)49)32-31-37(48)27-23-6-4-2/h5,7,9-10,12-13,15-16,21,24,31-32,37-43,48-50H,3-4,6,8,11,14,17-20,22-23,25-30,33-36,47H2,1-2H3,(H,53,54)(H,55,56)/b7-5-,10-9-,13-12-,16-15-,24-21+,32-31+/t37-,38+,39+,40+,41-,42-,43+/m0/s1. The van der Waals surface area contributed by atoms with Gasteiger partial charge in [0.1, 0.15) is 12.6 Å². The highest BCUT2D eigenvalue weighted by Crippen LogP contribution is 2.43. The topological polar surface area (TPSA) is 232 Å². The number of unbranched alkanes of at least 4 members (excludes halogenated alkanes) is 7. The molecule has 61 heavy (non-hydrogen) atoms. The fourth-order valence-electron chi connectivity index (χ4n) is 6.46. The lowest BCUT2D eigenvalue weighted by Gasteiger charge is -2.20. The van der Waals surface area contributed by atoms with E-state index in [-0.39, 0.29) is 31.1 Å². The molecule has 0 aromatic heterocycles. The lowest BCUT2D eigenvalue weighted by Crippen LogP contribution is -2.34. The first kappa shape index (κ1) is 55.8. The molecule has 0 amide bonds. The number of phosphoric ester groups is 1. The second kappa shape index (κ2) is 35.3. The lowest BCUT2D eigenvalue weighted by atomic mass is 9.89. The van der Waals surface area contributed by atoms with Crippen molar-refractivity contribution in [2.75, 3.05) is 19.8 Å². The van der Waals surface area contributed by atoms with Crippen LogP contribution in [0.5, 0.6) is 0 Å². The first-order valence-electron chi connectivity index (χ1n) is 22.2. The number of nitrogens with two attached hydrogens (primary N) is 1. The van der Waals surface area contributed by atoms with Gasteiger partial charge in [0.05, 0.1) is 31.5 Å². The van der Waals surface area contributed by atoms with Gasteiger partial charge < -0.3 is 40.5 Å². The maximum Gasteiger partial charge on any atom is 0.472 e. The van der Waals surface area contributed by atoms with Gasteiger partial charge in [0.25, 0.3) is 0 Å². The highest BCUT2D eigenvalue weighted by molar-refractivity contribution is 7.47. The van der Waals surface area contributed by atoms with E-state index < -0.39 is 76.0 Å². The van der Waals surface area contributed by atoms with Gasteiger partial charge in [-0.25, -0.2) is 4.57 Å². The molecule has 0 aromatic carbocycles. The summed E-state index contributed by atoms with van der Waals surface area (Å²) in [6.07, 6.45) is 34.9. The number of hydrogen-bond donors (Lipinski definition) is 6. The van der Waals surface area contributed by atoms with Crippen LogP contribution in [0.1, 0.15) is 136 Å². The number of ether oxygens (including phenoxy) is 2. The average molecular weight is 882 g/mol. The molecule has 0 radical (unpaired) electrons. The van der Waals surface area contributed by atoms with Crippen LogP contribution in [0.15, 0.2) is 72.9 Å². The van der Waals surface area contributed by atoms with Crippen LogP contribution in [0.4, 0.5) is 0 Å². The molecule has 0 heterocycles. The maximum absolute atomic E-state index is 12.7. The first-order chi connectivity index (χ1) is 29.3. The average Bonchev–Trinajstić information content (AvgIpc) is 3.49. The molecule has 8 atom stereocenters. The molecule has 348 valence electrons. The summed E-state index contributed by atoms with van der Waals surface area (Å²) in [7, 11) is -4.80. The van der Waals surface area contributed by atoms with Crippen molar-refractivity contribution in [1.29, 1.82) is 0 Å². The number of carboxylic acids is 1. The molecule has 7 N–H and O–H groups in total. The van der Waals surface area contributed by atoms with E-state index >= 15 is 0 Å².